The van der Waals surface area contributed by atoms with Gasteiger partial charge in [0.25, 0.3) is 5.91 Å². The minimum atomic E-state index is -0.00256. The predicted octanol–water partition coefficient (Wildman–Crippen LogP) is 2.30. The minimum absolute atomic E-state index is 0.00256. The Labute approximate surface area is 126 Å². The number of aryl methyl sites for hydroxylation is 1. The third-order valence-corrected chi connectivity index (χ3v) is 4.54. The molecule has 4 nitrogen and oxygen atoms in total. The second-order valence-corrected chi connectivity index (χ2v) is 6.40. The van der Waals surface area contributed by atoms with E-state index in [2.05, 4.69) is 5.32 Å². The normalized spacial score (nSPS) is 19.5. The molecule has 0 bridgehead atoms. The van der Waals surface area contributed by atoms with Crippen molar-refractivity contribution in [2.75, 3.05) is 19.6 Å². The molecule has 0 spiro atoms. The van der Waals surface area contributed by atoms with Gasteiger partial charge in [0.15, 0.2) is 0 Å². The van der Waals surface area contributed by atoms with E-state index in [1.807, 2.05) is 17.9 Å². The number of hydrogen-bond donors (Lipinski definition) is 2. The molecule has 1 aromatic rings. The predicted molar refractivity (Wildman–Crippen MR) is 82.5 cm³/mol. The van der Waals surface area contributed by atoms with Crippen molar-refractivity contribution in [3.63, 3.8) is 0 Å². The minimum Gasteiger partial charge on any atom is -0.507 e. The first-order valence-electron chi connectivity index (χ1n) is 7.96. The number of carbonyl (C=O) groups excluding carboxylic acids is 1. The number of nitrogens with one attached hydrogen (secondary N) is 1. The van der Waals surface area contributed by atoms with E-state index in [1.165, 1.54) is 0 Å². The van der Waals surface area contributed by atoms with Crippen LogP contribution in [0.1, 0.15) is 41.6 Å². The SMILES string of the molecule is Cc1ccc(O)c(C(=O)N(CC2CCNCC2)C2CC2)c1. The Morgan fingerprint density at radius 1 is 1.29 bits per heavy atom. The fourth-order valence-electron chi connectivity index (χ4n) is 3.10. The van der Waals surface area contributed by atoms with E-state index in [-0.39, 0.29) is 11.7 Å². The summed E-state index contributed by atoms with van der Waals surface area (Å²) in [6.07, 6.45) is 4.47. The van der Waals surface area contributed by atoms with Crippen LogP contribution < -0.4 is 5.32 Å². The van der Waals surface area contributed by atoms with Crippen molar-refractivity contribution in [1.29, 1.82) is 0 Å². The van der Waals surface area contributed by atoms with E-state index in [4.69, 9.17) is 0 Å². The van der Waals surface area contributed by atoms with Crippen LogP contribution in [0.5, 0.6) is 5.75 Å². The first-order valence-corrected chi connectivity index (χ1v) is 7.96. The number of phenolic OH excluding ortho intramolecular Hbond substituents is 1. The summed E-state index contributed by atoms with van der Waals surface area (Å²) in [5.74, 6) is 0.682. The van der Waals surface area contributed by atoms with Crippen molar-refractivity contribution >= 4 is 5.91 Å². The first kappa shape index (κ1) is 14.4. The lowest BCUT2D eigenvalue weighted by atomic mass is 9.97. The van der Waals surface area contributed by atoms with Crippen molar-refractivity contribution in [1.82, 2.24) is 10.2 Å². The van der Waals surface area contributed by atoms with Gasteiger partial charge in [0.05, 0.1) is 5.56 Å². The highest BCUT2D eigenvalue weighted by molar-refractivity contribution is 5.97. The Balaban J connectivity index is 1.76. The van der Waals surface area contributed by atoms with Crippen LogP contribution in [-0.2, 0) is 0 Å². The van der Waals surface area contributed by atoms with Gasteiger partial charge in [0, 0.05) is 12.6 Å². The molecule has 0 atom stereocenters. The summed E-state index contributed by atoms with van der Waals surface area (Å²) in [4.78, 5) is 14.8. The van der Waals surface area contributed by atoms with Gasteiger partial charge in [-0.2, -0.15) is 0 Å². The van der Waals surface area contributed by atoms with Gasteiger partial charge in [-0.25, -0.2) is 0 Å². The van der Waals surface area contributed by atoms with Crippen LogP contribution in [0, 0.1) is 12.8 Å². The lowest BCUT2D eigenvalue weighted by Crippen LogP contribution is -2.40. The van der Waals surface area contributed by atoms with Gasteiger partial charge in [-0.05, 0) is 63.7 Å². The molecule has 1 aromatic carbocycles. The molecule has 2 aliphatic rings. The highest BCUT2D eigenvalue weighted by Crippen LogP contribution is 2.32. The van der Waals surface area contributed by atoms with Crippen molar-refractivity contribution in [3.8, 4) is 5.75 Å². The zero-order chi connectivity index (χ0) is 14.8. The summed E-state index contributed by atoms with van der Waals surface area (Å²) in [6.45, 7) is 4.88. The number of carbonyl (C=O) groups is 1. The average molecular weight is 288 g/mol. The summed E-state index contributed by atoms with van der Waals surface area (Å²) >= 11 is 0. The molecule has 1 amide bonds. The molecule has 1 aliphatic heterocycles. The number of nitrogens with zero attached hydrogens (tertiary/aromatic N) is 1. The van der Waals surface area contributed by atoms with E-state index in [9.17, 15) is 9.90 Å². The number of piperidine rings is 1. The lowest BCUT2D eigenvalue weighted by Gasteiger charge is -2.30. The van der Waals surface area contributed by atoms with Gasteiger partial charge >= 0.3 is 0 Å². The van der Waals surface area contributed by atoms with Crippen LogP contribution in [0.2, 0.25) is 0 Å². The largest absolute Gasteiger partial charge is 0.507 e. The number of aromatic hydroxyl groups is 1. The Kier molecular flexibility index (Phi) is 4.15. The maximum atomic E-state index is 12.8. The van der Waals surface area contributed by atoms with Gasteiger partial charge in [-0.1, -0.05) is 11.6 Å². The summed E-state index contributed by atoms with van der Waals surface area (Å²) < 4.78 is 0. The smallest absolute Gasteiger partial charge is 0.257 e. The molecule has 2 fully saturated rings. The fraction of sp³-hybridized carbons (Fsp3) is 0.588. The van der Waals surface area contributed by atoms with E-state index in [1.54, 1.807) is 12.1 Å². The van der Waals surface area contributed by atoms with Crippen LogP contribution in [0.15, 0.2) is 18.2 Å². The summed E-state index contributed by atoms with van der Waals surface area (Å²) in [7, 11) is 0. The van der Waals surface area contributed by atoms with Crippen LogP contribution in [0.4, 0.5) is 0 Å². The molecule has 3 rings (SSSR count). The molecule has 1 saturated carbocycles. The monoisotopic (exact) mass is 288 g/mol. The lowest BCUT2D eigenvalue weighted by molar-refractivity contribution is 0.0698. The standard InChI is InChI=1S/C17H24N2O2/c1-12-2-5-16(20)15(10-12)17(21)19(14-3-4-14)11-13-6-8-18-9-7-13/h2,5,10,13-14,18,20H,3-4,6-9,11H2,1H3. The van der Waals surface area contributed by atoms with Gasteiger partial charge in [0.1, 0.15) is 5.75 Å². The topological polar surface area (TPSA) is 52.6 Å². The van der Waals surface area contributed by atoms with Crippen LogP contribution in [0.3, 0.4) is 0 Å². The Hall–Kier alpha value is -1.55. The van der Waals surface area contributed by atoms with Crippen molar-refractivity contribution in [3.05, 3.63) is 29.3 Å². The van der Waals surface area contributed by atoms with Crippen molar-refractivity contribution in [2.24, 2.45) is 5.92 Å². The number of hydrogen-bond acceptors (Lipinski definition) is 3. The molecule has 0 aromatic heterocycles. The first-order chi connectivity index (χ1) is 10.1. The quantitative estimate of drug-likeness (QED) is 0.894. The molecule has 0 unspecified atom stereocenters. The second-order valence-electron chi connectivity index (χ2n) is 6.40. The summed E-state index contributed by atoms with van der Waals surface area (Å²) in [6, 6.07) is 5.64. The van der Waals surface area contributed by atoms with E-state index < -0.39 is 0 Å². The van der Waals surface area contributed by atoms with E-state index in [0.717, 1.165) is 50.9 Å². The molecule has 2 N–H and O–H groups in total. The zero-order valence-corrected chi connectivity index (χ0v) is 12.6. The zero-order valence-electron chi connectivity index (χ0n) is 12.6. The Morgan fingerprint density at radius 2 is 2.00 bits per heavy atom. The molecule has 1 heterocycles. The number of benzene rings is 1. The van der Waals surface area contributed by atoms with Gasteiger partial charge in [-0.15, -0.1) is 0 Å². The molecule has 1 aliphatic carbocycles. The third-order valence-electron chi connectivity index (χ3n) is 4.54. The Morgan fingerprint density at radius 3 is 2.67 bits per heavy atom. The van der Waals surface area contributed by atoms with E-state index >= 15 is 0 Å². The fourth-order valence-corrected chi connectivity index (χ4v) is 3.10. The summed E-state index contributed by atoms with van der Waals surface area (Å²) in [5, 5.41) is 13.4. The van der Waals surface area contributed by atoms with Gasteiger partial charge < -0.3 is 15.3 Å². The molecule has 21 heavy (non-hydrogen) atoms. The highest BCUT2D eigenvalue weighted by atomic mass is 16.3. The second kappa shape index (κ2) is 6.06. The molecular formula is C17H24N2O2. The van der Waals surface area contributed by atoms with E-state index in [0.29, 0.717) is 17.5 Å². The van der Waals surface area contributed by atoms with Crippen LogP contribution in [-0.4, -0.2) is 41.6 Å². The Bertz CT molecular complexity index is 520. The van der Waals surface area contributed by atoms with Crippen molar-refractivity contribution in [2.45, 2.75) is 38.6 Å². The van der Waals surface area contributed by atoms with Crippen LogP contribution in [0.25, 0.3) is 0 Å². The summed E-state index contributed by atoms with van der Waals surface area (Å²) in [5.41, 5.74) is 1.46. The number of rotatable bonds is 4. The molecular weight excluding hydrogens is 264 g/mol. The number of amides is 1. The van der Waals surface area contributed by atoms with Gasteiger partial charge in [0.2, 0.25) is 0 Å². The molecule has 114 valence electrons. The molecule has 4 heteroatoms. The molecule has 1 saturated heterocycles. The highest BCUT2D eigenvalue weighted by Gasteiger charge is 2.35. The maximum Gasteiger partial charge on any atom is 0.257 e. The maximum absolute atomic E-state index is 12.8. The van der Waals surface area contributed by atoms with Crippen molar-refractivity contribution < 1.29 is 9.90 Å². The number of phenols is 1. The van der Waals surface area contributed by atoms with Gasteiger partial charge in [-0.3, -0.25) is 4.79 Å². The average Bonchev–Trinajstić information content (AvgIpc) is 3.32. The third kappa shape index (κ3) is 3.38. The van der Waals surface area contributed by atoms with Crippen LogP contribution >= 0.6 is 0 Å². The molecule has 0 radical (unpaired) electrons.